The molecule has 132 valence electrons. The van der Waals surface area contributed by atoms with Crippen LogP contribution in [0.5, 0.6) is 0 Å². The fourth-order valence-corrected chi connectivity index (χ4v) is 4.03. The number of para-hydroxylation sites is 1. The number of nitrogens with one attached hydrogen (secondary N) is 1. The normalized spacial score (nSPS) is 21.2. The number of anilines is 1. The number of thioether (sulfide) groups is 1. The van der Waals surface area contributed by atoms with E-state index in [9.17, 15) is 9.59 Å². The molecule has 0 unspecified atom stereocenters. The van der Waals surface area contributed by atoms with Crippen molar-refractivity contribution < 1.29 is 9.59 Å². The molecule has 3 N–H and O–H groups in total. The topological polar surface area (TPSA) is 75.4 Å². The minimum atomic E-state index is -0.309. The van der Waals surface area contributed by atoms with Gasteiger partial charge in [0, 0.05) is 30.2 Å². The highest BCUT2D eigenvalue weighted by molar-refractivity contribution is 7.99. The second-order valence-corrected chi connectivity index (χ2v) is 7.81. The average molecular weight is 350 g/mol. The molecular formula is C18H27N3O2S. The van der Waals surface area contributed by atoms with Gasteiger partial charge in [-0.1, -0.05) is 26.0 Å². The zero-order valence-corrected chi connectivity index (χ0v) is 15.3. The quantitative estimate of drug-likeness (QED) is 0.798. The van der Waals surface area contributed by atoms with E-state index in [-0.39, 0.29) is 11.9 Å². The maximum absolute atomic E-state index is 12.6. The van der Waals surface area contributed by atoms with E-state index in [0.717, 1.165) is 30.1 Å². The Balaban J connectivity index is 1.99. The molecule has 2 atom stereocenters. The molecule has 1 aromatic carbocycles. The Morgan fingerprint density at radius 2 is 2.04 bits per heavy atom. The van der Waals surface area contributed by atoms with Gasteiger partial charge in [0.15, 0.2) is 0 Å². The van der Waals surface area contributed by atoms with Gasteiger partial charge in [-0.25, -0.2) is 4.79 Å². The molecule has 0 aliphatic carbocycles. The Hall–Kier alpha value is -1.69. The number of urea groups is 1. The molecule has 1 heterocycles. The number of rotatable bonds is 5. The smallest absolute Gasteiger partial charge is 0.321 e. The zero-order valence-electron chi connectivity index (χ0n) is 14.5. The average Bonchev–Trinajstić information content (AvgIpc) is 2.69. The number of hydrogen-bond donors (Lipinski definition) is 2. The maximum atomic E-state index is 12.6. The zero-order chi connectivity index (χ0) is 17.5. The van der Waals surface area contributed by atoms with Gasteiger partial charge < -0.3 is 16.0 Å². The van der Waals surface area contributed by atoms with Gasteiger partial charge in [0.2, 0.25) is 5.91 Å². The van der Waals surface area contributed by atoms with Gasteiger partial charge in [0.25, 0.3) is 0 Å². The van der Waals surface area contributed by atoms with Crippen LogP contribution in [0, 0.1) is 11.8 Å². The highest BCUT2D eigenvalue weighted by atomic mass is 32.2. The minimum Gasteiger partial charge on any atom is -0.370 e. The Morgan fingerprint density at radius 1 is 1.29 bits per heavy atom. The number of carbonyl (C=O) groups excluding carboxylic acids is 2. The van der Waals surface area contributed by atoms with Crippen molar-refractivity contribution in [3.63, 3.8) is 0 Å². The summed E-state index contributed by atoms with van der Waals surface area (Å²) in [6.45, 7) is 6.06. The van der Waals surface area contributed by atoms with Gasteiger partial charge >= 0.3 is 6.03 Å². The van der Waals surface area contributed by atoms with Crippen LogP contribution in [0.15, 0.2) is 29.2 Å². The van der Waals surface area contributed by atoms with Crippen LogP contribution in [0.4, 0.5) is 10.5 Å². The van der Waals surface area contributed by atoms with Crippen molar-refractivity contribution in [2.24, 2.45) is 17.6 Å². The van der Waals surface area contributed by atoms with Crippen molar-refractivity contribution >= 4 is 29.4 Å². The second-order valence-electron chi connectivity index (χ2n) is 6.67. The lowest BCUT2D eigenvalue weighted by atomic mass is 9.97. The largest absolute Gasteiger partial charge is 0.370 e. The van der Waals surface area contributed by atoms with Crippen LogP contribution >= 0.6 is 11.8 Å². The maximum Gasteiger partial charge on any atom is 0.321 e. The van der Waals surface area contributed by atoms with E-state index >= 15 is 0 Å². The summed E-state index contributed by atoms with van der Waals surface area (Å²) in [5.41, 5.74) is 5.98. The second kappa shape index (κ2) is 8.97. The number of benzene rings is 1. The van der Waals surface area contributed by atoms with Gasteiger partial charge in [-0.05, 0) is 36.8 Å². The summed E-state index contributed by atoms with van der Waals surface area (Å²) in [6, 6.07) is 7.64. The molecule has 1 aromatic rings. The summed E-state index contributed by atoms with van der Waals surface area (Å²) >= 11 is 1.53. The van der Waals surface area contributed by atoms with Gasteiger partial charge in [0.05, 0.1) is 5.69 Å². The van der Waals surface area contributed by atoms with Gasteiger partial charge in [-0.3, -0.25) is 4.79 Å². The monoisotopic (exact) mass is 349 g/mol. The number of amides is 3. The van der Waals surface area contributed by atoms with Crippen LogP contribution in [-0.2, 0) is 4.79 Å². The van der Waals surface area contributed by atoms with E-state index < -0.39 is 0 Å². The van der Waals surface area contributed by atoms with Crippen LogP contribution in [-0.4, -0.2) is 35.7 Å². The molecule has 1 fully saturated rings. The summed E-state index contributed by atoms with van der Waals surface area (Å²) < 4.78 is 0. The van der Waals surface area contributed by atoms with Crippen LogP contribution < -0.4 is 11.1 Å². The van der Waals surface area contributed by atoms with Crippen molar-refractivity contribution in [3.8, 4) is 0 Å². The van der Waals surface area contributed by atoms with E-state index in [0.29, 0.717) is 24.0 Å². The molecule has 0 spiro atoms. The highest BCUT2D eigenvalue weighted by Gasteiger charge is 2.23. The molecule has 1 aliphatic heterocycles. The molecule has 0 saturated carbocycles. The molecule has 2 rings (SSSR count). The summed E-state index contributed by atoms with van der Waals surface area (Å²) in [4.78, 5) is 26.4. The van der Waals surface area contributed by atoms with Crippen LogP contribution in [0.1, 0.15) is 33.1 Å². The fraction of sp³-hybridized carbons (Fsp3) is 0.556. The molecule has 24 heavy (non-hydrogen) atoms. The summed E-state index contributed by atoms with van der Waals surface area (Å²) in [7, 11) is 0. The first-order valence-electron chi connectivity index (χ1n) is 8.51. The van der Waals surface area contributed by atoms with Gasteiger partial charge in [-0.2, -0.15) is 0 Å². The highest BCUT2D eigenvalue weighted by Crippen LogP contribution is 2.28. The molecule has 3 amide bonds. The summed E-state index contributed by atoms with van der Waals surface area (Å²) in [5, 5.41) is 3.03. The first-order chi connectivity index (χ1) is 11.5. The van der Waals surface area contributed by atoms with Gasteiger partial charge in [0.1, 0.15) is 0 Å². The summed E-state index contributed by atoms with van der Waals surface area (Å²) in [5.74, 6) is 1.49. The van der Waals surface area contributed by atoms with E-state index in [1.807, 2.05) is 29.2 Å². The number of likely N-dealkylation sites (tertiary alicyclic amines) is 1. The number of carbonyl (C=O) groups is 2. The van der Waals surface area contributed by atoms with E-state index in [1.165, 1.54) is 18.2 Å². The minimum absolute atomic E-state index is 0.0427. The van der Waals surface area contributed by atoms with Crippen molar-refractivity contribution in [3.05, 3.63) is 24.3 Å². The van der Waals surface area contributed by atoms with E-state index in [2.05, 4.69) is 19.2 Å². The van der Waals surface area contributed by atoms with Crippen LogP contribution in [0.25, 0.3) is 0 Å². The van der Waals surface area contributed by atoms with E-state index in [4.69, 9.17) is 5.73 Å². The van der Waals surface area contributed by atoms with Crippen LogP contribution in [0.2, 0.25) is 0 Å². The third-order valence-corrected chi connectivity index (χ3v) is 5.33. The lowest BCUT2D eigenvalue weighted by Gasteiger charge is -2.23. The lowest BCUT2D eigenvalue weighted by Crippen LogP contribution is -2.37. The third kappa shape index (κ3) is 5.74. The van der Waals surface area contributed by atoms with Crippen molar-refractivity contribution in [1.82, 2.24) is 4.90 Å². The number of primary amides is 1. The molecule has 1 aliphatic rings. The molecule has 1 saturated heterocycles. The van der Waals surface area contributed by atoms with Gasteiger partial charge in [-0.15, -0.1) is 11.8 Å². The molecule has 0 radical (unpaired) electrons. The lowest BCUT2D eigenvalue weighted by molar-refractivity contribution is -0.117. The Kier molecular flexibility index (Phi) is 6.97. The Morgan fingerprint density at radius 3 is 2.79 bits per heavy atom. The Bertz CT molecular complexity index is 579. The third-order valence-electron chi connectivity index (χ3n) is 4.25. The van der Waals surface area contributed by atoms with Crippen LogP contribution in [0.3, 0.4) is 0 Å². The van der Waals surface area contributed by atoms with Crippen molar-refractivity contribution in [2.75, 3.05) is 24.2 Å². The summed E-state index contributed by atoms with van der Waals surface area (Å²) in [6.07, 6.45) is 2.55. The predicted molar refractivity (Wildman–Crippen MR) is 99.1 cm³/mol. The number of nitrogens with two attached hydrogens (primary N) is 1. The molecule has 5 nitrogen and oxygen atoms in total. The Labute approximate surface area is 148 Å². The van der Waals surface area contributed by atoms with Crippen molar-refractivity contribution in [1.29, 1.82) is 0 Å². The molecular weight excluding hydrogens is 322 g/mol. The van der Waals surface area contributed by atoms with E-state index in [1.54, 1.807) is 0 Å². The first-order valence-corrected chi connectivity index (χ1v) is 9.50. The molecule has 6 heteroatoms. The number of nitrogens with zero attached hydrogens (tertiary/aromatic N) is 1. The predicted octanol–water partition coefficient (Wildman–Crippen LogP) is 3.55. The van der Waals surface area contributed by atoms with Crippen molar-refractivity contribution in [2.45, 2.75) is 38.0 Å². The number of hydrogen-bond acceptors (Lipinski definition) is 3. The standard InChI is InChI=1S/C18H27N3O2S/c1-13-7-9-21(12-14(2)11-13)18(23)20-15-5-3-4-6-16(15)24-10-8-17(19)22/h3-6,13-14H,7-12H2,1-2H3,(H2,19,22)(H,20,23)/t13-,14-/m0/s1. The fourth-order valence-electron chi connectivity index (χ4n) is 3.06. The first kappa shape index (κ1) is 18.6. The SMILES string of the molecule is C[C@H]1CCN(C(=O)Nc2ccccc2SCCC(N)=O)C[C@@H](C)C1. The molecule has 0 aromatic heterocycles. The molecule has 0 bridgehead atoms.